The van der Waals surface area contributed by atoms with Crippen molar-refractivity contribution in [3.63, 3.8) is 0 Å². The van der Waals surface area contributed by atoms with Crippen molar-refractivity contribution in [3.8, 4) is 5.75 Å². The van der Waals surface area contributed by atoms with E-state index in [0.717, 1.165) is 12.1 Å². The third kappa shape index (κ3) is 3.18. The predicted octanol–water partition coefficient (Wildman–Crippen LogP) is 5.22. The van der Waals surface area contributed by atoms with Crippen molar-refractivity contribution < 1.29 is 26.7 Å². The first-order chi connectivity index (χ1) is 14.9. The molecule has 0 amide bonds. The molecule has 0 radical (unpaired) electrons. The highest BCUT2D eigenvalue weighted by molar-refractivity contribution is 6.18. The zero-order valence-electron chi connectivity index (χ0n) is 15.6. The summed E-state index contributed by atoms with van der Waals surface area (Å²) in [6, 6.07) is 10.7. The molecule has 0 fully saturated rings. The zero-order valence-corrected chi connectivity index (χ0v) is 15.6. The first-order valence-electron chi connectivity index (χ1n) is 9.15. The molecule has 31 heavy (non-hydrogen) atoms. The molecule has 5 aromatic rings. The monoisotopic (exact) mass is 428 g/mol. The summed E-state index contributed by atoms with van der Waals surface area (Å²) in [4.78, 5) is 16.9. The van der Waals surface area contributed by atoms with Crippen molar-refractivity contribution in [1.29, 1.82) is 0 Å². The quantitative estimate of drug-likeness (QED) is 0.368. The van der Waals surface area contributed by atoms with E-state index in [1.54, 1.807) is 12.1 Å². The van der Waals surface area contributed by atoms with Gasteiger partial charge in [-0.15, -0.1) is 0 Å². The first kappa shape index (κ1) is 19.1. The van der Waals surface area contributed by atoms with Gasteiger partial charge in [-0.1, -0.05) is 6.07 Å². The Kier molecular flexibility index (Phi) is 4.39. The molecule has 3 heterocycles. The maximum absolute atomic E-state index is 14.3. The molecule has 3 aromatic heterocycles. The Morgan fingerprint density at radius 1 is 1.06 bits per heavy atom. The Bertz CT molecular complexity index is 1520. The number of benzene rings is 2. The van der Waals surface area contributed by atoms with Crippen LogP contribution in [0.2, 0.25) is 0 Å². The van der Waals surface area contributed by atoms with Crippen LogP contribution in [0.3, 0.4) is 0 Å². The molecular weight excluding hydrogens is 416 g/mol. The average Bonchev–Trinajstić information content (AvgIpc) is 3.04. The van der Waals surface area contributed by atoms with E-state index in [1.807, 2.05) is 0 Å². The third-order valence-electron chi connectivity index (χ3n) is 5.03. The summed E-state index contributed by atoms with van der Waals surface area (Å²) >= 11 is 0. The van der Waals surface area contributed by atoms with Gasteiger partial charge in [0.2, 0.25) is 5.71 Å². The summed E-state index contributed by atoms with van der Waals surface area (Å²) in [5.74, 6) is -1.60. The Labute approximate surface area is 171 Å². The lowest BCUT2D eigenvalue weighted by Crippen LogP contribution is -2.09. The van der Waals surface area contributed by atoms with Crippen LogP contribution in [0.1, 0.15) is 5.56 Å². The lowest BCUT2D eigenvalue weighted by molar-refractivity contribution is -0.0497. The topological polar surface area (TPSA) is 57.3 Å². The normalized spacial score (nSPS) is 11.8. The highest BCUT2D eigenvalue weighted by atomic mass is 19.3. The number of fused-ring (bicyclic) bond motifs is 5. The number of ether oxygens (including phenoxy) is 1. The fourth-order valence-electron chi connectivity index (χ4n) is 3.78. The van der Waals surface area contributed by atoms with E-state index in [-0.39, 0.29) is 29.1 Å². The SMILES string of the molecule is O=c1oc2ncccc2c2c3cc(OC(F)F)ccc3n(Cc3ccc(F)cc3F)c12. The Hall–Kier alpha value is -3.88. The summed E-state index contributed by atoms with van der Waals surface area (Å²) in [6.45, 7) is -3.14. The van der Waals surface area contributed by atoms with E-state index in [2.05, 4.69) is 9.72 Å². The van der Waals surface area contributed by atoms with Gasteiger partial charge in [-0.3, -0.25) is 0 Å². The minimum Gasteiger partial charge on any atom is -0.435 e. The van der Waals surface area contributed by atoms with Gasteiger partial charge >= 0.3 is 12.2 Å². The molecule has 0 aliphatic heterocycles. The van der Waals surface area contributed by atoms with Gasteiger partial charge in [-0.25, -0.2) is 18.6 Å². The molecule has 5 rings (SSSR count). The summed E-state index contributed by atoms with van der Waals surface area (Å²) in [5.41, 5.74) is 0.0552. The van der Waals surface area contributed by atoms with Gasteiger partial charge < -0.3 is 13.7 Å². The Morgan fingerprint density at radius 3 is 2.68 bits per heavy atom. The van der Waals surface area contributed by atoms with Crippen LogP contribution in [-0.2, 0) is 6.54 Å². The molecule has 0 spiro atoms. The van der Waals surface area contributed by atoms with Crippen LogP contribution in [0, 0.1) is 11.6 Å². The number of aromatic nitrogens is 2. The fourth-order valence-corrected chi connectivity index (χ4v) is 3.78. The van der Waals surface area contributed by atoms with Gasteiger partial charge in [0.15, 0.2) is 0 Å². The number of rotatable bonds is 4. The lowest BCUT2D eigenvalue weighted by Gasteiger charge is -2.09. The number of hydrogen-bond acceptors (Lipinski definition) is 4. The molecule has 0 N–H and O–H groups in total. The second-order valence-corrected chi connectivity index (χ2v) is 6.85. The van der Waals surface area contributed by atoms with Gasteiger partial charge in [-0.05, 0) is 36.4 Å². The van der Waals surface area contributed by atoms with Crippen molar-refractivity contribution >= 4 is 32.9 Å². The van der Waals surface area contributed by atoms with Crippen LogP contribution in [0.15, 0.2) is 63.9 Å². The van der Waals surface area contributed by atoms with E-state index in [9.17, 15) is 22.4 Å². The van der Waals surface area contributed by atoms with Gasteiger partial charge in [0.05, 0.1) is 6.54 Å². The molecule has 0 aliphatic rings. The molecule has 2 aromatic carbocycles. The second kappa shape index (κ2) is 7.12. The number of halogens is 4. The zero-order chi connectivity index (χ0) is 21.7. The summed E-state index contributed by atoms with van der Waals surface area (Å²) < 4.78 is 64.5. The van der Waals surface area contributed by atoms with Gasteiger partial charge in [-0.2, -0.15) is 8.78 Å². The van der Waals surface area contributed by atoms with Crippen LogP contribution in [0.4, 0.5) is 17.6 Å². The molecule has 0 bridgehead atoms. The van der Waals surface area contributed by atoms with Gasteiger partial charge in [0.25, 0.3) is 0 Å². The number of hydrogen-bond donors (Lipinski definition) is 0. The van der Waals surface area contributed by atoms with Crippen molar-refractivity contribution in [2.75, 3.05) is 0 Å². The molecule has 0 atom stereocenters. The van der Waals surface area contributed by atoms with E-state index >= 15 is 0 Å². The Balaban J connectivity index is 1.87. The maximum atomic E-state index is 14.3. The molecule has 5 nitrogen and oxygen atoms in total. The summed E-state index contributed by atoms with van der Waals surface area (Å²) in [6.07, 6.45) is 1.45. The lowest BCUT2D eigenvalue weighted by atomic mass is 10.1. The summed E-state index contributed by atoms with van der Waals surface area (Å²) in [7, 11) is 0. The van der Waals surface area contributed by atoms with Crippen LogP contribution in [0.5, 0.6) is 5.75 Å². The predicted molar refractivity (Wildman–Crippen MR) is 105 cm³/mol. The van der Waals surface area contributed by atoms with E-state index in [4.69, 9.17) is 4.42 Å². The maximum Gasteiger partial charge on any atom is 0.387 e. The van der Waals surface area contributed by atoms with Gasteiger partial charge in [0.1, 0.15) is 22.9 Å². The molecule has 0 saturated heterocycles. The molecule has 156 valence electrons. The van der Waals surface area contributed by atoms with Gasteiger partial charge in [0, 0.05) is 39.5 Å². The third-order valence-corrected chi connectivity index (χ3v) is 5.03. The van der Waals surface area contributed by atoms with Crippen molar-refractivity contribution in [2.24, 2.45) is 0 Å². The van der Waals surface area contributed by atoms with Crippen molar-refractivity contribution in [2.45, 2.75) is 13.2 Å². The molecular formula is C22H12F4N2O3. The van der Waals surface area contributed by atoms with Crippen LogP contribution in [-0.4, -0.2) is 16.2 Å². The highest BCUT2D eigenvalue weighted by Crippen LogP contribution is 2.35. The first-order valence-corrected chi connectivity index (χ1v) is 9.15. The largest absolute Gasteiger partial charge is 0.435 e. The van der Waals surface area contributed by atoms with Crippen LogP contribution >= 0.6 is 0 Å². The van der Waals surface area contributed by atoms with E-state index in [1.165, 1.54) is 35.0 Å². The molecule has 0 unspecified atom stereocenters. The highest BCUT2D eigenvalue weighted by Gasteiger charge is 2.21. The minimum absolute atomic E-state index is 0.0761. The second-order valence-electron chi connectivity index (χ2n) is 6.85. The van der Waals surface area contributed by atoms with Crippen molar-refractivity contribution in [3.05, 3.63) is 82.3 Å². The minimum atomic E-state index is -3.03. The smallest absolute Gasteiger partial charge is 0.387 e. The van der Waals surface area contributed by atoms with E-state index in [0.29, 0.717) is 21.7 Å². The molecule has 0 saturated carbocycles. The standard InChI is InChI=1S/C22H12F4N2O3/c23-12-4-3-11(16(24)8-12)10-28-17-6-5-13(30-22(25)26)9-15(17)18-14-2-1-7-27-20(14)31-21(29)19(18)28/h1-9,22H,10H2. The average molecular weight is 428 g/mol. The van der Waals surface area contributed by atoms with Crippen molar-refractivity contribution in [1.82, 2.24) is 9.55 Å². The molecule has 9 heteroatoms. The molecule has 0 aliphatic carbocycles. The fraction of sp³-hybridized carbons (Fsp3) is 0.0909. The number of pyridine rings is 1. The number of nitrogens with zero attached hydrogens (tertiary/aromatic N) is 2. The van der Waals surface area contributed by atoms with E-state index < -0.39 is 23.9 Å². The van der Waals surface area contributed by atoms with Crippen LogP contribution < -0.4 is 10.4 Å². The Morgan fingerprint density at radius 2 is 1.90 bits per heavy atom. The number of alkyl halides is 2. The summed E-state index contributed by atoms with van der Waals surface area (Å²) in [5, 5.41) is 1.33. The van der Waals surface area contributed by atoms with Crippen LogP contribution in [0.25, 0.3) is 32.9 Å².